The number of nitrogens with two attached hydrogens (primary N) is 1. The molecule has 0 aliphatic heterocycles. The van der Waals surface area contributed by atoms with Crippen molar-refractivity contribution in [3.8, 4) is 0 Å². The maximum atomic E-state index is 7.72. The Labute approximate surface area is 119 Å². The van der Waals surface area contributed by atoms with Crippen LogP contribution >= 0.6 is 11.8 Å². The van der Waals surface area contributed by atoms with Crippen LogP contribution in [0.15, 0.2) is 46.8 Å². The lowest BCUT2D eigenvalue weighted by Crippen LogP contribution is -2.13. The van der Waals surface area contributed by atoms with E-state index in [0.717, 1.165) is 21.0 Å². The second kappa shape index (κ2) is 4.93. The van der Waals surface area contributed by atoms with E-state index < -0.39 is 0 Å². The molecule has 3 aromatic rings. The summed E-state index contributed by atoms with van der Waals surface area (Å²) in [5.41, 5.74) is 7.13. The Morgan fingerprint density at radius 2 is 2.15 bits per heavy atom. The lowest BCUT2D eigenvalue weighted by atomic mass is 10.1. The fourth-order valence-corrected chi connectivity index (χ4v) is 2.89. The number of rotatable bonds is 3. The second-order valence-electron chi connectivity index (χ2n) is 4.26. The number of pyridine rings is 1. The van der Waals surface area contributed by atoms with E-state index in [1.807, 2.05) is 35.9 Å². The average Bonchev–Trinajstić information content (AvgIpc) is 2.84. The topological polar surface area (TPSA) is 93.5 Å². The van der Waals surface area contributed by atoms with Crippen molar-refractivity contribution in [3.63, 3.8) is 0 Å². The number of hydrogen-bond donors (Lipinski definition) is 2. The zero-order chi connectivity index (χ0) is 14.1. The molecule has 0 atom stereocenters. The van der Waals surface area contributed by atoms with E-state index in [0.29, 0.717) is 5.56 Å². The van der Waals surface area contributed by atoms with Gasteiger partial charge >= 0.3 is 0 Å². The molecule has 0 unspecified atom stereocenters. The number of nitrogens with zero attached hydrogens (tertiary/aromatic N) is 4. The van der Waals surface area contributed by atoms with Crippen LogP contribution in [-0.4, -0.2) is 25.6 Å². The van der Waals surface area contributed by atoms with Crippen LogP contribution in [0.3, 0.4) is 0 Å². The summed E-state index contributed by atoms with van der Waals surface area (Å²) >= 11 is 1.43. The minimum Gasteiger partial charge on any atom is -0.384 e. The number of amidine groups is 1. The van der Waals surface area contributed by atoms with Gasteiger partial charge in [-0.3, -0.25) is 10.4 Å². The lowest BCUT2D eigenvalue weighted by molar-refractivity contribution is 0.789. The van der Waals surface area contributed by atoms with Gasteiger partial charge in [0, 0.05) is 29.1 Å². The van der Waals surface area contributed by atoms with Crippen LogP contribution in [0.4, 0.5) is 0 Å². The first-order valence-corrected chi connectivity index (χ1v) is 6.72. The molecule has 0 bridgehead atoms. The Bertz CT molecular complexity index is 794. The summed E-state index contributed by atoms with van der Waals surface area (Å²) < 4.78 is 1.82. The molecule has 2 aromatic heterocycles. The summed E-state index contributed by atoms with van der Waals surface area (Å²) in [6, 6.07) is 7.77. The van der Waals surface area contributed by atoms with Gasteiger partial charge in [-0.25, -0.2) is 0 Å². The Kier molecular flexibility index (Phi) is 3.11. The number of benzene rings is 1. The molecular weight excluding hydrogens is 272 g/mol. The fourth-order valence-electron chi connectivity index (χ4n) is 1.87. The third-order valence-electron chi connectivity index (χ3n) is 2.88. The zero-order valence-electron chi connectivity index (χ0n) is 10.7. The molecule has 0 amide bonds. The highest BCUT2D eigenvalue weighted by Crippen LogP contribution is 2.34. The van der Waals surface area contributed by atoms with Crippen molar-refractivity contribution in [1.82, 2.24) is 19.7 Å². The number of aromatic nitrogens is 4. The van der Waals surface area contributed by atoms with Gasteiger partial charge in [0.05, 0.1) is 5.52 Å². The van der Waals surface area contributed by atoms with Gasteiger partial charge < -0.3 is 10.3 Å². The molecule has 0 spiro atoms. The van der Waals surface area contributed by atoms with Gasteiger partial charge in [-0.05, 0) is 17.8 Å². The van der Waals surface area contributed by atoms with Gasteiger partial charge in [0.1, 0.15) is 12.2 Å². The summed E-state index contributed by atoms with van der Waals surface area (Å²) in [4.78, 5) is 5.21. The molecule has 1 aromatic carbocycles. The number of aryl methyl sites for hydroxylation is 1. The highest BCUT2D eigenvalue weighted by Gasteiger charge is 2.14. The minimum atomic E-state index is -0.00655. The number of nitrogen functional groups attached to an aromatic ring is 1. The van der Waals surface area contributed by atoms with Gasteiger partial charge in [-0.15, -0.1) is 10.2 Å². The van der Waals surface area contributed by atoms with Crippen molar-refractivity contribution in [2.75, 3.05) is 0 Å². The third-order valence-corrected chi connectivity index (χ3v) is 4.08. The van der Waals surface area contributed by atoms with E-state index in [-0.39, 0.29) is 5.84 Å². The first-order valence-electron chi connectivity index (χ1n) is 5.91. The fraction of sp³-hybridized carbons (Fsp3) is 0.0769. The Balaban J connectivity index is 2.22. The van der Waals surface area contributed by atoms with Crippen LogP contribution in [0.5, 0.6) is 0 Å². The molecule has 20 heavy (non-hydrogen) atoms. The molecule has 0 fully saturated rings. The van der Waals surface area contributed by atoms with Crippen LogP contribution in [-0.2, 0) is 7.05 Å². The molecule has 2 heterocycles. The summed E-state index contributed by atoms with van der Waals surface area (Å²) in [7, 11) is 1.87. The monoisotopic (exact) mass is 284 g/mol. The average molecular weight is 284 g/mol. The molecule has 6 nitrogen and oxygen atoms in total. The standard InChI is InChI=1S/C13H12N6S/c1-19-7-17-18-13(19)20-11-8-4-2-3-5-10(8)16-6-9(11)12(14)15/h2-7H,1H3,(H3,14,15). The first kappa shape index (κ1) is 12.6. The molecule has 0 saturated carbocycles. The predicted octanol–water partition coefficient (Wildman–Crippen LogP) is 1.80. The van der Waals surface area contributed by atoms with Crippen molar-refractivity contribution in [2.24, 2.45) is 12.8 Å². The minimum absolute atomic E-state index is 0.00655. The van der Waals surface area contributed by atoms with E-state index >= 15 is 0 Å². The summed E-state index contributed by atoms with van der Waals surface area (Å²) in [6.45, 7) is 0. The molecular formula is C13H12N6S. The smallest absolute Gasteiger partial charge is 0.195 e. The van der Waals surface area contributed by atoms with Crippen molar-refractivity contribution >= 4 is 28.5 Å². The van der Waals surface area contributed by atoms with Crippen LogP contribution in [0, 0.1) is 5.41 Å². The van der Waals surface area contributed by atoms with Crippen molar-refractivity contribution in [1.29, 1.82) is 5.41 Å². The van der Waals surface area contributed by atoms with Gasteiger partial charge in [0.2, 0.25) is 0 Å². The van der Waals surface area contributed by atoms with Crippen molar-refractivity contribution in [2.45, 2.75) is 10.1 Å². The highest BCUT2D eigenvalue weighted by atomic mass is 32.2. The molecule has 0 radical (unpaired) electrons. The Hall–Kier alpha value is -2.41. The van der Waals surface area contributed by atoms with Crippen molar-refractivity contribution < 1.29 is 0 Å². The van der Waals surface area contributed by atoms with Crippen LogP contribution in [0.25, 0.3) is 10.9 Å². The van der Waals surface area contributed by atoms with Gasteiger partial charge in [0.25, 0.3) is 0 Å². The van der Waals surface area contributed by atoms with Crippen LogP contribution in [0.1, 0.15) is 5.56 Å². The van der Waals surface area contributed by atoms with E-state index in [4.69, 9.17) is 11.1 Å². The summed E-state index contributed by atoms with van der Waals surface area (Å²) in [6.07, 6.45) is 3.27. The molecule has 0 saturated heterocycles. The van der Waals surface area contributed by atoms with E-state index in [2.05, 4.69) is 15.2 Å². The number of nitrogens with one attached hydrogen (secondary N) is 1. The largest absolute Gasteiger partial charge is 0.384 e. The number of fused-ring (bicyclic) bond motifs is 1. The Morgan fingerprint density at radius 3 is 2.85 bits per heavy atom. The molecule has 3 rings (SSSR count). The normalized spacial score (nSPS) is 10.8. The third kappa shape index (κ3) is 2.12. The van der Waals surface area contributed by atoms with E-state index in [1.165, 1.54) is 11.8 Å². The summed E-state index contributed by atoms with van der Waals surface area (Å²) in [5.74, 6) is -0.00655. The van der Waals surface area contributed by atoms with Gasteiger partial charge in [-0.1, -0.05) is 18.2 Å². The van der Waals surface area contributed by atoms with E-state index in [9.17, 15) is 0 Å². The Morgan fingerprint density at radius 1 is 1.35 bits per heavy atom. The predicted molar refractivity (Wildman–Crippen MR) is 77.9 cm³/mol. The summed E-state index contributed by atoms with van der Waals surface area (Å²) in [5, 5.41) is 17.3. The molecule has 0 aliphatic carbocycles. The number of para-hydroxylation sites is 1. The SMILES string of the molecule is Cn1cnnc1Sc1c(C(=N)N)cnc2ccccc12. The maximum Gasteiger partial charge on any atom is 0.195 e. The first-order chi connectivity index (χ1) is 9.66. The maximum absolute atomic E-state index is 7.72. The van der Waals surface area contributed by atoms with Crippen LogP contribution in [0.2, 0.25) is 0 Å². The molecule has 3 N–H and O–H groups in total. The number of hydrogen-bond acceptors (Lipinski definition) is 5. The quantitative estimate of drug-likeness (QED) is 0.565. The molecule has 100 valence electrons. The lowest BCUT2D eigenvalue weighted by Gasteiger charge is -2.10. The van der Waals surface area contributed by atoms with Gasteiger partial charge in [0.15, 0.2) is 5.16 Å². The zero-order valence-corrected chi connectivity index (χ0v) is 11.6. The molecule has 7 heteroatoms. The van der Waals surface area contributed by atoms with Gasteiger partial charge in [-0.2, -0.15) is 0 Å². The van der Waals surface area contributed by atoms with Crippen LogP contribution < -0.4 is 5.73 Å². The highest BCUT2D eigenvalue weighted by molar-refractivity contribution is 7.99. The molecule has 0 aliphatic rings. The van der Waals surface area contributed by atoms with Crippen molar-refractivity contribution in [3.05, 3.63) is 42.4 Å². The van der Waals surface area contributed by atoms with E-state index in [1.54, 1.807) is 12.5 Å². The second-order valence-corrected chi connectivity index (χ2v) is 5.24.